The number of aliphatic hydroxyl groups is 1. The van der Waals surface area contributed by atoms with E-state index in [-0.39, 0.29) is 6.10 Å². The normalized spacial score (nSPS) is 27.2. The van der Waals surface area contributed by atoms with Gasteiger partial charge in [-0.25, -0.2) is 0 Å². The van der Waals surface area contributed by atoms with Gasteiger partial charge in [0, 0.05) is 0 Å². The average Bonchev–Trinajstić information content (AvgIpc) is 2.06. The first-order valence-electron chi connectivity index (χ1n) is 4.71. The van der Waals surface area contributed by atoms with E-state index in [0.29, 0.717) is 5.92 Å². The Morgan fingerprint density at radius 2 is 2.33 bits per heavy atom. The lowest BCUT2D eigenvalue weighted by atomic mass is 9.92. The van der Waals surface area contributed by atoms with Gasteiger partial charge in [0.15, 0.2) is 0 Å². The Hall–Kier alpha value is -0.560. The molecule has 0 aromatic carbocycles. The molecule has 0 spiro atoms. The Bertz CT molecular complexity index is 189. The fourth-order valence-corrected chi connectivity index (χ4v) is 1.48. The molecule has 0 bridgehead atoms. The molecule has 1 rings (SSSR count). The van der Waals surface area contributed by atoms with Crippen molar-refractivity contribution in [3.63, 3.8) is 0 Å². The van der Waals surface area contributed by atoms with E-state index in [0.717, 1.165) is 12.0 Å². The van der Waals surface area contributed by atoms with Crippen LogP contribution in [-0.4, -0.2) is 11.2 Å². The van der Waals surface area contributed by atoms with E-state index >= 15 is 0 Å². The van der Waals surface area contributed by atoms with Crippen LogP contribution in [0.25, 0.3) is 0 Å². The lowest BCUT2D eigenvalue weighted by molar-refractivity contribution is 0.230. The summed E-state index contributed by atoms with van der Waals surface area (Å²) in [6, 6.07) is 0. The predicted molar refractivity (Wildman–Crippen MR) is 51.9 cm³/mol. The lowest BCUT2D eigenvalue weighted by Crippen LogP contribution is -2.05. The highest BCUT2D eigenvalue weighted by Gasteiger charge is 2.08. The second-order valence-electron chi connectivity index (χ2n) is 3.63. The fourth-order valence-electron chi connectivity index (χ4n) is 1.48. The molecule has 1 aliphatic rings. The van der Waals surface area contributed by atoms with Gasteiger partial charge in [0.25, 0.3) is 0 Å². The van der Waals surface area contributed by atoms with E-state index in [1.165, 1.54) is 12.8 Å². The van der Waals surface area contributed by atoms with Crippen LogP contribution in [0.1, 0.15) is 33.1 Å². The number of hydrogen-bond donors (Lipinski definition) is 1. The second-order valence-corrected chi connectivity index (χ2v) is 3.63. The molecule has 1 nitrogen and oxygen atoms in total. The molecule has 0 heterocycles. The smallest absolute Gasteiger partial charge is 0.0719 e. The lowest BCUT2D eigenvalue weighted by Gasteiger charge is -2.15. The molecule has 12 heavy (non-hydrogen) atoms. The summed E-state index contributed by atoms with van der Waals surface area (Å²) in [7, 11) is 0. The first-order valence-corrected chi connectivity index (χ1v) is 4.71. The molecule has 1 heteroatoms. The zero-order valence-corrected chi connectivity index (χ0v) is 7.96. The maximum absolute atomic E-state index is 9.27. The molecule has 0 aliphatic heterocycles. The molecule has 2 unspecified atom stereocenters. The predicted octanol–water partition coefficient (Wildman–Crippen LogP) is 2.67. The SMILES string of the molecule is C/C(=C\C1CC=CCC1)C(C)O. The second kappa shape index (κ2) is 4.46. The number of allylic oxidation sites excluding steroid dienone is 3. The summed E-state index contributed by atoms with van der Waals surface area (Å²) >= 11 is 0. The van der Waals surface area contributed by atoms with E-state index in [1.807, 2.05) is 13.8 Å². The van der Waals surface area contributed by atoms with Crippen molar-refractivity contribution >= 4 is 0 Å². The number of hydrogen-bond acceptors (Lipinski definition) is 1. The van der Waals surface area contributed by atoms with Gasteiger partial charge >= 0.3 is 0 Å². The van der Waals surface area contributed by atoms with Gasteiger partial charge < -0.3 is 5.11 Å². The number of rotatable bonds is 2. The van der Waals surface area contributed by atoms with Crippen LogP contribution < -0.4 is 0 Å². The van der Waals surface area contributed by atoms with Crippen LogP contribution in [-0.2, 0) is 0 Å². The molecule has 2 atom stereocenters. The molecule has 1 aliphatic carbocycles. The molecule has 68 valence electrons. The fraction of sp³-hybridized carbons (Fsp3) is 0.636. The Morgan fingerprint density at radius 1 is 1.58 bits per heavy atom. The number of aliphatic hydroxyl groups excluding tert-OH is 1. The van der Waals surface area contributed by atoms with Gasteiger partial charge in [0.05, 0.1) is 6.10 Å². The van der Waals surface area contributed by atoms with Crippen molar-refractivity contribution in [3.05, 3.63) is 23.8 Å². The van der Waals surface area contributed by atoms with Crippen LogP contribution in [0.3, 0.4) is 0 Å². The zero-order valence-electron chi connectivity index (χ0n) is 7.96. The minimum absolute atomic E-state index is 0.282. The van der Waals surface area contributed by atoms with Gasteiger partial charge in [-0.05, 0) is 44.6 Å². The van der Waals surface area contributed by atoms with Crippen molar-refractivity contribution < 1.29 is 5.11 Å². The molecule has 0 fully saturated rings. The largest absolute Gasteiger partial charge is 0.389 e. The van der Waals surface area contributed by atoms with Gasteiger partial charge in [-0.3, -0.25) is 0 Å². The summed E-state index contributed by atoms with van der Waals surface area (Å²) in [5.74, 6) is 0.657. The van der Waals surface area contributed by atoms with E-state index in [9.17, 15) is 5.11 Å². The summed E-state index contributed by atoms with van der Waals surface area (Å²) in [6.07, 6.45) is 9.98. The van der Waals surface area contributed by atoms with Crippen LogP contribution >= 0.6 is 0 Å². The third-order valence-electron chi connectivity index (χ3n) is 2.47. The molecular formula is C11H18O. The van der Waals surface area contributed by atoms with Gasteiger partial charge in [0.2, 0.25) is 0 Å². The first kappa shape index (κ1) is 9.53. The third-order valence-corrected chi connectivity index (χ3v) is 2.47. The summed E-state index contributed by atoms with van der Waals surface area (Å²) in [5.41, 5.74) is 1.11. The zero-order chi connectivity index (χ0) is 8.97. The van der Waals surface area contributed by atoms with Crippen LogP contribution in [0, 0.1) is 5.92 Å². The van der Waals surface area contributed by atoms with Crippen LogP contribution in [0.4, 0.5) is 0 Å². The highest BCUT2D eigenvalue weighted by atomic mass is 16.3. The minimum atomic E-state index is -0.282. The average molecular weight is 166 g/mol. The molecular weight excluding hydrogens is 148 g/mol. The molecule has 0 saturated heterocycles. The van der Waals surface area contributed by atoms with Crippen molar-refractivity contribution in [1.29, 1.82) is 0 Å². The minimum Gasteiger partial charge on any atom is -0.389 e. The Labute approximate surface area is 74.8 Å². The molecule has 0 saturated carbocycles. The van der Waals surface area contributed by atoms with Gasteiger partial charge in [0.1, 0.15) is 0 Å². The Kier molecular flexibility index (Phi) is 3.54. The topological polar surface area (TPSA) is 20.2 Å². The van der Waals surface area contributed by atoms with Crippen LogP contribution in [0.2, 0.25) is 0 Å². The molecule has 0 radical (unpaired) electrons. The maximum Gasteiger partial charge on any atom is 0.0719 e. The third kappa shape index (κ3) is 2.82. The van der Waals surface area contributed by atoms with Crippen LogP contribution in [0.5, 0.6) is 0 Å². The standard InChI is InChI=1S/C11H18O/c1-9(10(2)12)8-11-6-4-3-5-7-11/h3-4,8,10-12H,5-7H2,1-2H3/b9-8+. The summed E-state index contributed by atoms with van der Waals surface area (Å²) in [4.78, 5) is 0. The van der Waals surface area contributed by atoms with Crippen LogP contribution in [0.15, 0.2) is 23.8 Å². The van der Waals surface area contributed by atoms with Gasteiger partial charge in [-0.1, -0.05) is 18.2 Å². The van der Waals surface area contributed by atoms with Crippen molar-refractivity contribution in [2.45, 2.75) is 39.2 Å². The van der Waals surface area contributed by atoms with Gasteiger partial charge in [-0.15, -0.1) is 0 Å². The molecule has 0 aromatic heterocycles. The molecule has 1 N–H and O–H groups in total. The highest BCUT2D eigenvalue weighted by Crippen LogP contribution is 2.21. The molecule has 0 aromatic rings. The summed E-state index contributed by atoms with van der Waals surface area (Å²) in [6.45, 7) is 3.83. The van der Waals surface area contributed by atoms with E-state index in [4.69, 9.17) is 0 Å². The van der Waals surface area contributed by atoms with Crippen molar-refractivity contribution in [3.8, 4) is 0 Å². The van der Waals surface area contributed by atoms with E-state index < -0.39 is 0 Å². The maximum atomic E-state index is 9.27. The summed E-state index contributed by atoms with van der Waals surface area (Å²) < 4.78 is 0. The first-order chi connectivity index (χ1) is 5.70. The quantitative estimate of drug-likeness (QED) is 0.625. The highest BCUT2D eigenvalue weighted by molar-refractivity contribution is 5.08. The summed E-state index contributed by atoms with van der Waals surface area (Å²) in [5, 5.41) is 9.27. The van der Waals surface area contributed by atoms with Crippen molar-refractivity contribution in [2.24, 2.45) is 5.92 Å². The monoisotopic (exact) mass is 166 g/mol. The Balaban J connectivity index is 2.48. The molecule has 0 amide bonds. The van der Waals surface area contributed by atoms with Gasteiger partial charge in [-0.2, -0.15) is 0 Å². The van der Waals surface area contributed by atoms with E-state index in [2.05, 4.69) is 18.2 Å². The van der Waals surface area contributed by atoms with Crippen molar-refractivity contribution in [2.75, 3.05) is 0 Å². The van der Waals surface area contributed by atoms with Crippen molar-refractivity contribution in [1.82, 2.24) is 0 Å². The Morgan fingerprint density at radius 3 is 2.83 bits per heavy atom. The van der Waals surface area contributed by atoms with E-state index in [1.54, 1.807) is 0 Å².